The van der Waals surface area contributed by atoms with Gasteiger partial charge < -0.3 is 11.1 Å². The van der Waals surface area contributed by atoms with E-state index in [9.17, 15) is 4.79 Å². The number of nitrogens with zero attached hydrogens (tertiary/aromatic N) is 1. The van der Waals surface area contributed by atoms with Crippen molar-refractivity contribution in [1.82, 2.24) is 10.2 Å². The molecule has 1 fully saturated rings. The molecule has 4 heteroatoms. The summed E-state index contributed by atoms with van der Waals surface area (Å²) in [6.45, 7) is 7.85. The van der Waals surface area contributed by atoms with Gasteiger partial charge in [0.15, 0.2) is 0 Å². The van der Waals surface area contributed by atoms with E-state index in [-0.39, 0.29) is 11.9 Å². The molecule has 1 saturated heterocycles. The second-order valence-corrected chi connectivity index (χ2v) is 5.79. The number of rotatable bonds is 7. The van der Waals surface area contributed by atoms with Gasteiger partial charge in [-0.2, -0.15) is 0 Å². The number of hydrogen-bond acceptors (Lipinski definition) is 3. The molecular weight excluding hydrogens is 238 g/mol. The number of unbranched alkanes of at least 4 members (excludes halogenated alkanes) is 2. The first-order chi connectivity index (χ1) is 9.11. The Kier molecular flexibility index (Phi) is 7.39. The number of nitrogens with one attached hydrogen (secondary N) is 1. The zero-order chi connectivity index (χ0) is 14.3. The fourth-order valence-corrected chi connectivity index (χ4v) is 3.11. The first-order valence-electron chi connectivity index (χ1n) is 7.87. The van der Waals surface area contributed by atoms with Gasteiger partial charge in [0.25, 0.3) is 0 Å². The van der Waals surface area contributed by atoms with Crippen molar-refractivity contribution in [2.45, 2.75) is 77.4 Å². The van der Waals surface area contributed by atoms with Gasteiger partial charge in [0.2, 0.25) is 5.91 Å². The lowest BCUT2D eigenvalue weighted by Gasteiger charge is -2.43. The van der Waals surface area contributed by atoms with Crippen LogP contribution in [0.15, 0.2) is 0 Å². The van der Waals surface area contributed by atoms with Crippen molar-refractivity contribution in [1.29, 1.82) is 0 Å². The van der Waals surface area contributed by atoms with E-state index in [2.05, 4.69) is 24.1 Å². The molecular formula is C15H31N3O. The maximum absolute atomic E-state index is 12.2. The summed E-state index contributed by atoms with van der Waals surface area (Å²) in [5.41, 5.74) is 5.86. The molecule has 3 unspecified atom stereocenters. The van der Waals surface area contributed by atoms with Crippen molar-refractivity contribution in [3.05, 3.63) is 0 Å². The molecule has 0 saturated carbocycles. The first kappa shape index (κ1) is 16.4. The van der Waals surface area contributed by atoms with Gasteiger partial charge in [-0.3, -0.25) is 9.69 Å². The largest absolute Gasteiger partial charge is 0.355 e. The van der Waals surface area contributed by atoms with Crippen LogP contribution < -0.4 is 11.1 Å². The maximum atomic E-state index is 12.2. The van der Waals surface area contributed by atoms with Crippen LogP contribution in [0.1, 0.15) is 59.3 Å². The SMILES string of the molecule is CCCCCNC(=O)C(C)N1C(C)CCCC1CN. The van der Waals surface area contributed by atoms with Crippen LogP contribution in [0.3, 0.4) is 0 Å². The van der Waals surface area contributed by atoms with E-state index in [4.69, 9.17) is 5.73 Å². The fourth-order valence-electron chi connectivity index (χ4n) is 3.11. The Balaban J connectivity index is 2.48. The highest BCUT2D eigenvalue weighted by molar-refractivity contribution is 5.81. The molecule has 3 atom stereocenters. The van der Waals surface area contributed by atoms with Crippen molar-refractivity contribution in [3.63, 3.8) is 0 Å². The minimum atomic E-state index is -0.0644. The Bertz CT molecular complexity index is 270. The monoisotopic (exact) mass is 269 g/mol. The molecule has 1 amide bonds. The lowest BCUT2D eigenvalue weighted by Crippen LogP contribution is -2.57. The van der Waals surface area contributed by atoms with E-state index < -0.39 is 0 Å². The Hall–Kier alpha value is -0.610. The van der Waals surface area contributed by atoms with Gasteiger partial charge in [-0.05, 0) is 33.1 Å². The van der Waals surface area contributed by atoms with Crippen LogP contribution >= 0.6 is 0 Å². The molecule has 1 aliphatic heterocycles. The number of carbonyl (C=O) groups is 1. The maximum Gasteiger partial charge on any atom is 0.237 e. The first-order valence-corrected chi connectivity index (χ1v) is 7.87. The molecule has 3 N–H and O–H groups in total. The predicted octanol–water partition coefficient (Wildman–Crippen LogP) is 1.88. The fraction of sp³-hybridized carbons (Fsp3) is 0.933. The summed E-state index contributed by atoms with van der Waals surface area (Å²) in [5.74, 6) is 0.156. The van der Waals surface area contributed by atoms with Crippen LogP contribution in [0.25, 0.3) is 0 Å². The average molecular weight is 269 g/mol. The minimum absolute atomic E-state index is 0.0644. The summed E-state index contributed by atoms with van der Waals surface area (Å²) >= 11 is 0. The molecule has 0 aromatic carbocycles. The summed E-state index contributed by atoms with van der Waals surface area (Å²) in [6, 6.07) is 0.754. The summed E-state index contributed by atoms with van der Waals surface area (Å²) in [5, 5.41) is 3.06. The van der Waals surface area contributed by atoms with Gasteiger partial charge in [0.05, 0.1) is 6.04 Å². The third-order valence-electron chi connectivity index (χ3n) is 4.27. The highest BCUT2D eigenvalue weighted by Gasteiger charge is 2.33. The Labute approximate surface area is 118 Å². The zero-order valence-electron chi connectivity index (χ0n) is 12.8. The van der Waals surface area contributed by atoms with Gasteiger partial charge >= 0.3 is 0 Å². The smallest absolute Gasteiger partial charge is 0.237 e. The molecule has 0 radical (unpaired) electrons. The third-order valence-corrected chi connectivity index (χ3v) is 4.27. The molecule has 1 rings (SSSR count). The van der Waals surface area contributed by atoms with Gasteiger partial charge in [0, 0.05) is 25.2 Å². The van der Waals surface area contributed by atoms with E-state index in [1.807, 2.05) is 6.92 Å². The molecule has 0 spiro atoms. The lowest BCUT2D eigenvalue weighted by molar-refractivity contribution is -0.128. The standard InChI is InChI=1S/C15H31N3O/c1-4-5-6-10-17-15(19)13(3)18-12(2)8-7-9-14(18)11-16/h12-14H,4-11,16H2,1-3H3,(H,17,19). The van der Waals surface area contributed by atoms with E-state index in [0.717, 1.165) is 19.4 Å². The minimum Gasteiger partial charge on any atom is -0.355 e. The van der Waals surface area contributed by atoms with Crippen molar-refractivity contribution in [2.75, 3.05) is 13.1 Å². The number of likely N-dealkylation sites (tertiary alicyclic amines) is 1. The van der Waals surface area contributed by atoms with Crippen LogP contribution in [-0.2, 0) is 4.79 Å². The second kappa shape index (κ2) is 8.54. The van der Waals surface area contributed by atoms with Crippen molar-refractivity contribution in [3.8, 4) is 0 Å². The molecule has 0 bridgehead atoms. The van der Waals surface area contributed by atoms with E-state index >= 15 is 0 Å². The predicted molar refractivity (Wildman–Crippen MR) is 80.0 cm³/mol. The van der Waals surface area contributed by atoms with Gasteiger partial charge in [0.1, 0.15) is 0 Å². The molecule has 4 nitrogen and oxygen atoms in total. The van der Waals surface area contributed by atoms with Crippen molar-refractivity contribution < 1.29 is 4.79 Å². The lowest BCUT2D eigenvalue weighted by atomic mass is 9.94. The summed E-state index contributed by atoms with van der Waals surface area (Å²) in [6.07, 6.45) is 6.96. The number of hydrogen-bond donors (Lipinski definition) is 2. The molecule has 0 aliphatic carbocycles. The Morgan fingerprint density at radius 1 is 1.42 bits per heavy atom. The summed E-state index contributed by atoms with van der Waals surface area (Å²) in [4.78, 5) is 14.5. The molecule has 1 aliphatic rings. The van der Waals surface area contributed by atoms with Gasteiger partial charge in [-0.25, -0.2) is 0 Å². The molecule has 0 aromatic rings. The number of carbonyl (C=O) groups excluding carboxylic acids is 1. The van der Waals surface area contributed by atoms with Crippen molar-refractivity contribution >= 4 is 5.91 Å². The van der Waals surface area contributed by atoms with Gasteiger partial charge in [-0.1, -0.05) is 26.2 Å². The van der Waals surface area contributed by atoms with Crippen LogP contribution in [-0.4, -0.2) is 42.0 Å². The highest BCUT2D eigenvalue weighted by atomic mass is 16.2. The highest BCUT2D eigenvalue weighted by Crippen LogP contribution is 2.24. The second-order valence-electron chi connectivity index (χ2n) is 5.79. The van der Waals surface area contributed by atoms with Gasteiger partial charge in [-0.15, -0.1) is 0 Å². The normalized spacial score (nSPS) is 26.1. The number of nitrogens with two attached hydrogens (primary N) is 1. The molecule has 1 heterocycles. The topological polar surface area (TPSA) is 58.4 Å². The summed E-state index contributed by atoms with van der Waals surface area (Å²) < 4.78 is 0. The van der Waals surface area contributed by atoms with E-state index in [1.54, 1.807) is 0 Å². The van der Waals surface area contributed by atoms with Crippen LogP contribution in [0.4, 0.5) is 0 Å². The molecule has 0 aromatic heterocycles. The Morgan fingerprint density at radius 3 is 2.79 bits per heavy atom. The zero-order valence-corrected chi connectivity index (χ0v) is 12.8. The third kappa shape index (κ3) is 4.77. The van der Waals surface area contributed by atoms with Crippen LogP contribution in [0.5, 0.6) is 0 Å². The Morgan fingerprint density at radius 2 is 2.16 bits per heavy atom. The quantitative estimate of drug-likeness (QED) is 0.694. The van der Waals surface area contributed by atoms with Crippen LogP contribution in [0, 0.1) is 0 Å². The number of amides is 1. The summed E-state index contributed by atoms with van der Waals surface area (Å²) in [7, 11) is 0. The van der Waals surface area contributed by atoms with Crippen molar-refractivity contribution in [2.24, 2.45) is 5.73 Å². The van der Waals surface area contributed by atoms with Crippen LogP contribution in [0.2, 0.25) is 0 Å². The molecule has 112 valence electrons. The van der Waals surface area contributed by atoms with E-state index in [1.165, 1.54) is 25.7 Å². The molecule has 19 heavy (non-hydrogen) atoms. The average Bonchev–Trinajstić information content (AvgIpc) is 2.42. The van der Waals surface area contributed by atoms with E-state index in [0.29, 0.717) is 18.6 Å². The number of piperidine rings is 1.